The number of anilines is 1. The molecular formula is C23H18ClNO2S. The Balaban J connectivity index is 1.26. The number of benzene rings is 2. The lowest BCUT2D eigenvalue weighted by atomic mass is 9.63. The Labute approximate surface area is 172 Å². The van der Waals surface area contributed by atoms with Gasteiger partial charge in [-0.2, -0.15) is 0 Å². The van der Waals surface area contributed by atoms with Crippen LogP contribution in [0.15, 0.2) is 70.5 Å². The molecule has 0 spiro atoms. The molecule has 0 unspecified atom stereocenters. The van der Waals surface area contributed by atoms with E-state index in [0.717, 1.165) is 9.79 Å². The van der Waals surface area contributed by atoms with E-state index in [1.165, 1.54) is 11.3 Å². The first-order chi connectivity index (χ1) is 13.6. The maximum absolute atomic E-state index is 13.2. The van der Waals surface area contributed by atoms with E-state index in [1.807, 2.05) is 48.5 Å². The number of amides is 2. The Bertz CT molecular complexity index is 980. The molecule has 2 aromatic carbocycles. The largest absolute Gasteiger partial charge is 0.274 e. The van der Waals surface area contributed by atoms with Crippen molar-refractivity contribution >= 4 is 40.9 Å². The molecule has 2 aromatic rings. The highest BCUT2D eigenvalue weighted by Gasteiger charge is 2.67. The lowest BCUT2D eigenvalue weighted by Crippen LogP contribution is -2.40. The smallest absolute Gasteiger partial charge is 0.238 e. The summed E-state index contributed by atoms with van der Waals surface area (Å²) >= 11 is 7.57. The van der Waals surface area contributed by atoms with Crippen molar-refractivity contribution in [3.63, 3.8) is 0 Å². The predicted octanol–water partition coefficient (Wildman–Crippen LogP) is 5.05. The highest BCUT2D eigenvalue weighted by atomic mass is 35.5. The topological polar surface area (TPSA) is 37.4 Å². The number of carbonyl (C=O) groups excluding carboxylic acids is 2. The van der Waals surface area contributed by atoms with E-state index in [1.54, 1.807) is 11.8 Å². The minimum absolute atomic E-state index is 0.00203. The van der Waals surface area contributed by atoms with Crippen LogP contribution in [0.1, 0.15) is 6.42 Å². The van der Waals surface area contributed by atoms with E-state index in [4.69, 9.17) is 11.6 Å². The maximum atomic E-state index is 13.2. The van der Waals surface area contributed by atoms with E-state index < -0.39 is 0 Å². The summed E-state index contributed by atoms with van der Waals surface area (Å²) in [6.07, 6.45) is 5.60. The van der Waals surface area contributed by atoms with Crippen molar-refractivity contribution in [3.05, 3.63) is 65.7 Å². The van der Waals surface area contributed by atoms with Crippen LogP contribution in [0.25, 0.3) is 0 Å². The average Bonchev–Trinajstić information content (AvgIpc) is 3.49. The molecule has 1 saturated heterocycles. The molecule has 3 fully saturated rings. The van der Waals surface area contributed by atoms with E-state index >= 15 is 0 Å². The van der Waals surface area contributed by atoms with Crippen LogP contribution in [0.2, 0.25) is 5.02 Å². The molecule has 5 aliphatic rings. The number of hydrogen-bond donors (Lipinski definition) is 0. The third-order valence-corrected chi connectivity index (χ3v) is 8.07. The lowest BCUT2D eigenvalue weighted by molar-refractivity contribution is -0.124. The van der Waals surface area contributed by atoms with Gasteiger partial charge in [0, 0.05) is 14.8 Å². The number of carbonyl (C=O) groups is 2. The van der Waals surface area contributed by atoms with Gasteiger partial charge in [-0.25, -0.2) is 0 Å². The molecule has 6 atom stereocenters. The van der Waals surface area contributed by atoms with Crippen molar-refractivity contribution in [2.75, 3.05) is 4.90 Å². The van der Waals surface area contributed by atoms with Gasteiger partial charge < -0.3 is 0 Å². The number of rotatable bonds is 3. The second kappa shape index (κ2) is 5.98. The molecule has 4 aliphatic carbocycles. The van der Waals surface area contributed by atoms with Crippen molar-refractivity contribution in [2.24, 2.45) is 35.5 Å². The zero-order chi connectivity index (χ0) is 19.0. The molecular weight excluding hydrogens is 390 g/mol. The first-order valence-electron chi connectivity index (χ1n) is 9.71. The molecule has 2 bridgehead atoms. The number of nitrogens with zero attached hydrogens (tertiary/aromatic N) is 1. The number of halogens is 1. The monoisotopic (exact) mass is 407 g/mol. The molecule has 0 N–H and O–H groups in total. The Morgan fingerprint density at radius 3 is 1.82 bits per heavy atom. The van der Waals surface area contributed by atoms with Gasteiger partial charge in [0.15, 0.2) is 0 Å². The van der Waals surface area contributed by atoms with Gasteiger partial charge in [0.25, 0.3) is 0 Å². The third-order valence-electron chi connectivity index (χ3n) is 6.81. The summed E-state index contributed by atoms with van der Waals surface area (Å²) in [7, 11) is 0. The van der Waals surface area contributed by atoms with E-state index in [-0.39, 0.29) is 35.5 Å². The van der Waals surface area contributed by atoms with Crippen LogP contribution >= 0.6 is 23.4 Å². The number of allylic oxidation sites excluding steroid dienone is 2. The molecule has 28 heavy (non-hydrogen) atoms. The Hall–Kier alpha value is -2.04. The Morgan fingerprint density at radius 1 is 0.786 bits per heavy atom. The highest BCUT2D eigenvalue weighted by molar-refractivity contribution is 7.99. The van der Waals surface area contributed by atoms with Gasteiger partial charge in [0.05, 0.1) is 17.5 Å². The van der Waals surface area contributed by atoms with Gasteiger partial charge in [-0.15, -0.1) is 0 Å². The fraction of sp³-hybridized carbons (Fsp3) is 0.304. The molecule has 2 saturated carbocycles. The van der Waals surface area contributed by atoms with E-state index in [2.05, 4.69) is 12.2 Å². The Kier molecular flexibility index (Phi) is 3.60. The number of hydrogen-bond acceptors (Lipinski definition) is 3. The first kappa shape index (κ1) is 16.9. The Morgan fingerprint density at radius 2 is 1.29 bits per heavy atom. The van der Waals surface area contributed by atoms with Crippen molar-refractivity contribution < 1.29 is 9.59 Å². The third kappa shape index (κ3) is 2.37. The van der Waals surface area contributed by atoms with Crippen LogP contribution in [0.5, 0.6) is 0 Å². The fourth-order valence-electron chi connectivity index (χ4n) is 5.51. The molecule has 5 heteroatoms. The fourth-order valence-corrected chi connectivity index (χ4v) is 6.46. The molecule has 140 valence electrons. The zero-order valence-corrected chi connectivity index (χ0v) is 16.6. The van der Waals surface area contributed by atoms with Crippen molar-refractivity contribution in [2.45, 2.75) is 16.2 Å². The van der Waals surface area contributed by atoms with Gasteiger partial charge in [-0.1, -0.05) is 35.5 Å². The minimum Gasteiger partial charge on any atom is -0.274 e. The summed E-state index contributed by atoms with van der Waals surface area (Å²) in [6, 6.07) is 15.4. The molecule has 3 nitrogen and oxygen atoms in total. The average molecular weight is 408 g/mol. The predicted molar refractivity (Wildman–Crippen MR) is 109 cm³/mol. The van der Waals surface area contributed by atoms with Crippen LogP contribution in [-0.2, 0) is 9.59 Å². The standard InChI is InChI=1S/C23H18ClNO2S/c24-12-1-5-14(6-2-12)28-15-7-3-13(4-8-15)25-22(26)20-16-9-10-17(19-11-18(16)19)21(20)23(25)27/h1-10,16-21H,11H2/t16-,17-,18-,19-,20-,21+/m1/s1. The summed E-state index contributed by atoms with van der Waals surface area (Å²) in [5, 5.41) is 0.716. The first-order valence-corrected chi connectivity index (χ1v) is 10.9. The molecule has 1 aliphatic heterocycles. The molecule has 0 radical (unpaired) electrons. The molecule has 7 rings (SSSR count). The summed E-state index contributed by atoms with van der Waals surface area (Å²) < 4.78 is 0. The second-order valence-electron chi connectivity index (χ2n) is 8.22. The molecule has 1 heterocycles. The normalized spacial score (nSPS) is 34.5. The maximum Gasteiger partial charge on any atom is 0.238 e. The van der Waals surface area contributed by atoms with Crippen LogP contribution in [0, 0.1) is 35.5 Å². The van der Waals surface area contributed by atoms with E-state index in [9.17, 15) is 9.59 Å². The zero-order valence-electron chi connectivity index (χ0n) is 15.0. The summed E-state index contributed by atoms with van der Waals surface area (Å²) in [5.74, 6) is 1.50. The van der Waals surface area contributed by atoms with Gasteiger partial charge in [-0.3, -0.25) is 14.5 Å². The SMILES string of the molecule is O=C1[C@@H]2[C@@H]3C=C[C@H]([C@H]4C[C@H]34)[C@@H]2C(=O)N1c1ccc(Sc2ccc(Cl)cc2)cc1. The van der Waals surface area contributed by atoms with Gasteiger partial charge >= 0.3 is 0 Å². The van der Waals surface area contributed by atoms with Crippen LogP contribution < -0.4 is 4.90 Å². The molecule has 2 amide bonds. The summed E-state index contributed by atoms with van der Waals surface area (Å²) in [5.41, 5.74) is 0.693. The summed E-state index contributed by atoms with van der Waals surface area (Å²) in [4.78, 5) is 29.9. The molecule has 0 aromatic heterocycles. The van der Waals surface area contributed by atoms with Crippen molar-refractivity contribution in [3.8, 4) is 0 Å². The van der Waals surface area contributed by atoms with Crippen LogP contribution in [-0.4, -0.2) is 11.8 Å². The van der Waals surface area contributed by atoms with Crippen LogP contribution in [0.3, 0.4) is 0 Å². The van der Waals surface area contributed by atoms with Gasteiger partial charge in [0.2, 0.25) is 11.8 Å². The van der Waals surface area contributed by atoms with Gasteiger partial charge in [0.1, 0.15) is 0 Å². The van der Waals surface area contributed by atoms with Gasteiger partial charge in [-0.05, 0) is 78.6 Å². The van der Waals surface area contributed by atoms with Crippen molar-refractivity contribution in [1.29, 1.82) is 0 Å². The summed E-state index contributed by atoms with van der Waals surface area (Å²) in [6.45, 7) is 0. The van der Waals surface area contributed by atoms with Crippen molar-refractivity contribution in [1.82, 2.24) is 0 Å². The quantitative estimate of drug-likeness (QED) is 0.527. The second-order valence-corrected chi connectivity index (χ2v) is 9.80. The van der Waals surface area contributed by atoms with E-state index in [0.29, 0.717) is 22.5 Å². The van der Waals surface area contributed by atoms with Crippen LogP contribution in [0.4, 0.5) is 5.69 Å². The highest BCUT2D eigenvalue weighted by Crippen LogP contribution is 2.65. The lowest BCUT2D eigenvalue weighted by Gasteiger charge is -2.37. The minimum atomic E-state index is -0.144. The number of imide groups is 1.